The first kappa shape index (κ1) is 12.8. The average Bonchev–Trinajstić information content (AvgIpc) is 2.15. The number of benzene rings is 1. The predicted molar refractivity (Wildman–Crippen MR) is 53.6 cm³/mol. The van der Waals surface area contributed by atoms with E-state index in [1.54, 1.807) is 30.3 Å². The second-order valence-electron chi connectivity index (χ2n) is 2.44. The molecular weight excluding hydrogens is 177 g/mol. The van der Waals surface area contributed by atoms with Crippen molar-refractivity contribution in [3.05, 3.63) is 35.9 Å². The predicted octanol–water partition coefficient (Wildman–Crippen LogP) is -0.148. The van der Waals surface area contributed by atoms with Crippen molar-refractivity contribution in [1.82, 2.24) is 5.32 Å². The maximum absolute atomic E-state index is 11.2. The van der Waals surface area contributed by atoms with Crippen LogP contribution in [0.25, 0.3) is 0 Å². The van der Waals surface area contributed by atoms with E-state index >= 15 is 0 Å². The number of hydrogen-bond donors (Lipinski definition) is 2. The van der Waals surface area contributed by atoms with Gasteiger partial charge in [0.2, 0.25) is 0 Å². The van der Waals surface area contributed by atoms with Gasteiger partial charge >= 0.3 is 24.8 Å². The average molecular weight is 187 g/mol. The molecule has 0 bridgehead atoms. The molecule has 4 nitrogen and oxygen atoms in total. The molecule has 0 aliphatic rings. The minimum absolute atomic E-state index is 0. The van der Waals surface area contributed by atoms with E-state index in [1.807, 2.05) is 0 Å². The molecule has 0 aliphatic heterocycles. The number of hydrogen-bond acceptors (Lipinski definition) is 2. The van der Waals surface area contributed by atoms with Crippen LogP contribution in [0.3, 0.4) is 0 Å². The molecule has 2 N–H and O–H groups in total. The molecule has 0 heterocycles. The van der Waals surface area contributed by atoms with E-state index in [-0.39, 0.29) is 31.3 Å². The summed E-state index contributed by atoms with van der Waals surface area (Å²) in [6.07, 6.45) is 0. The van der Waals surface area contributed by atoms with Crippen molar-refractivity contribution in [2.75, 3.05) is 6.54 Å². The number of rotatable bonds is 3. The second-order valence-corrected chi connectivity index (χ2v) is 2.44. The van der Waals surface area contributed by atoms with Gasteiger partial charge in [-0.2, -0.15) is 0 Å². The summed E-state index contributed by atoms with van der Waals surface area (Å²) < 4.78 is 0. The van der Waals surface area contributed by atoms with E-state index in [1.165, 1.54) is 0 Å². The quantitative estimate of drug-likeness (QED) is 0.647. The van der Waals surface area contributed by atoms with Gasteiger partial charge in [-0.3, -0.25) is 9.59 Å². The van der Waals surface area contributed by atoms with Crippen molar-refractivity contribution >= 4 is 30.7 Å². The summed E-state index contributed by atoms with van der Waals surface area (Å²) in [5, 5.41) is 10.6. The Morgan fingerprint density at radius 1 is 1.21 bits per heavy atom. The Kier molecular flexibility index (Phi) is 5.69. The zero-order chi connectivity index (χ0) is 9.68. The van der Waals surface area contributed by atoms with E-state index in [0.29, 0.717) is 5.56 Å². The Bertz CT molecular complexity index is 313. The van der Waals surface area contributed by atoms with Crippen LogP contribution < -0.4 is 5.32 Å². The number of carbonyl (C=O) groups is 2. The van der Waals surface area contributed by atoms with E-state index in [9.17, 15) is 9.59 Å². The summed E-state index contributed by atoms with van der Waals surface area (Å²) in [6, 6.07) is 8.47. The van der Waals surface area contributed by atoms with Gasteiger partial charge in [-0.15, -0.1) is 0 Å². The standard InChI is InChI=1S/C9H9NO3.Li.H/c11-8(12)6-10-9(13)7-4-2-1-3-5-7;;/h1-5H,6H2,(H,10,13)(H,11,12);;. The zero-order valence-corrected chi connectivity index (χ0v) is 6.86. The molecule has 0 saturated heterocycles. The number of nitrogens with one attached hydrogen (secondary N) is 1. The van der Waals surface area contributed by atoms with Crippen LogP contribution in [0.5, 0.6) is 0 Å². The van der Waals surface area contributed by atoms with Crippen LogP contribution in [-0.4, -0.2) is 42.4 Å². The van der Waals surface area contributed by atoms with Gasteiger partial charge in [0.25, 0.3) is 5.91 Å². The van der Waals surface area contributed by atoms with Crippen LogP contribution in [0, 0.1) is 0 Å². The molecule has 70 valence electrons. The third-order valence-electron chi connectivity index (χ3n) is 1.44. The molecule has 0 unspecified atom stereocenters. The van der Waals surface area contributed by atoms with Gasteiger partial charge in [0.15, 0.2) is 0 Å². The Hall–Kier alpha value is -1.24. The van der Waals surface area contributed by atoms with Crippen molar-refractivity contribution in [1.29, 1.82) is 0 Å². The molecule has 0 saturated carbocycles. The van der Waals surface area contributed by atoms with Crippen LogP contribution in [0.4, 0.5) is 0 Å². The van der Waals surface area contributed by atoms with Crippen LogP contribution in [-0.2, 0) is 4.79 Å². The van der Waals surface area contributed by atoms with E-state index in [2.05, 4.69) is 5.32 Å². The third-order valence-corrected chi connectivity index (χ3v) is 1.44. The first-order chi connectivity index (χ1) is 6.20. The van der Waals surface area contributed by atoms with Gasteiger partial charge < -0.3 is 10.4 Å². The summed E-state index contributed by atoms with van der Waals surface area (Å²) in [7, 11) is 0. The Balaban J connectivity index is 0.00000169. The number of carbonyl (C=O) groups excluding carboxylic acids is 1. The van der Waals surface area contributed by atoms with Crippen LogP contribution in [0.15, 0.2) is 30.3 Å². The number of aliphatic carboxylic acids is 1. The molecule has 1 amide bonds. The fourth-order valence-electron chi connectivity index (χ4n) is 0.847. The Labute approximate surface area is 93.5 Å². The topological polar surface area (TPSA) is 66.4 Å². The number of carboxylic acids is 1. The van der Waals surface area contributed by atoms with Crippen molar-refractivity contribution in [3.8, 4) is 0 Å². The van der Waals surface area contributed by atoms with Crippen LogP contribution in [0.1, 0.15) is 10.4 Å². The molecular formula is C9H10LiNO3. The number of carboxylic acid groups (broad SMARTS) is 1. The summed E-state index contributed by atoms with van der Waals surface area (Å²) >= 11 is 0. The molecule has 0 radical (unpaired) electrons. The van der Waals surface area contributed by atoms with Gasteiger partial charge in [-0.25, -0.2) is 0 Å². The van der Waals surface area contributed by atoms with Gasteiger partial charge in [0, 0.05) is 5.56 Å². The van der Waals surface area contributed by atoms with Crippen LogP contribution in [0.2, 0.25) is 0 Å². The van der Waals surface area contributed by atoms with E-state index in [4.69, 9.17) is 5.11 Å². The molecule has 0 fully saturated rings. The molecule has 0 aromatic heterocycles. The van der Waals surface area contributed by atoms with Crippen molar-refractivity contribution in [2.45, 2.75) is 0 Å². The van der Waals surface area contributed by atoms with Gasteiger partial charge in [0.1, 0.15) is 6.54 Å². The molecule has 1 aromatic rings. The molecule has 1 aromatic carbocycles. The molecule has 0 spiro atoms. The fourth-order valence-corrected chi connectivity index (χ4v) is 0.847. The number of amides is 1. The summed E-state index contributed by atoms with van der Waals surface area (Å²) in [6.45, 7) is -0.353. The first-order valence-corrected chi connectivity index (χ1v) is 3.75. The Morgan fingerprint density at radius 3 is 2.29 bits per heavy atom. The SMILES string of the molecule is O=C(O)CNC(=O)c1ccccc1.[LiH]. The normalized spacial score (nSPS) is 8.57. The third kappa shape index (κ3) is 4.12. The van der Waals surface area contributed by atoms with E-state index in [0.717, 1.165) is 0 Å². The molecule has 5 heteroatoms. The van der Waals surface area contributed by atoms with Crippen molar-refractivity contribution in [2.24, 2.45) is 0 Å². The first-order valence-electron chi connectivity index (χ1n) is 3.75. The Morgan fingerprint density at radius 2 is 1.79 bits per heavy atom. The van der Waals surface area contributed by atoms with Gasteiger partial charge in [0.05, 0.1) is 0 Å². The molecule has 0 aliphatic carbocycles. The summed E-state index contributed by atoms with van der Waals surface area (Å²) in [5.41, 5.74) is 0.462. The maximum atomic E-state index is 11.2. The molecule has 0 atom stereocenters. The van der Waals surface area contributed by atoms with Crippen molar-refractivity contribution in [3.63, 3.8) is 0 Å². The fraction of sp³-hybridized carbons (Fsp3) is 0.111. The minimum atomic E-state index is -1.05. The van der Waals surface area contributed by atoms with E-state index < -0.39 is 5.97 Å². The van der Waals surface area contributed by atoms with Gasteiger partial charge in [-0.1, -0.05) is 18.2 Å². The van der Waals surface area contributed by atoms with Gasteiger partial charge in [-0.05, 0) is 12.1 Å². The van der Waals surface area contributed by atoms with Crippen LogP contribution >= 0.6 is 0 Å². The summed E-state index contributed by atoms with van der Waals surface area (Å²) in [5.74, 6) is -1.42. The second kappa shape index (κ2) is 6.25. The van der Waals surface area contributed by atoms with Crippen molar-refractivity contribution < 1.29 is 14.7 Å². The molecule has 14 heavy (non-hydrogen) atoms. The molecule has 1 rings (SSSR count). The monoisotopic (exact) mass is 187 g/mol. The summed E-state index contributed by atoms with van der Waals surface area (Å²) in [4.78, 5) is 21.3. The zero-order valence-electron chi connectivity index (χ0n) is 6.86.